The van der Waals surface area contributed by atoms with Crippen molar-refractivity contribution >= 4 is 17.7 Å². The maximum absolute atomic E-state index is 12.5. The van der Waals surface area contributed by atoms with Crippen LogP contribution >= 0.6 is 11.8 Å². The lowest BCUT2D eigenvalue weighted by Crippen LogP contribution is -2.27. The van der Waals surface area contributed by atoms with Gasteiger partial charge in [-0.25, -0.2) is 0 Å². The Morgan fingerprint density at radius 1 is 0.769 bits per heavy atom. The van der Waals surface area contributed by atoms with Crippen LogP contribution in [0.5, 0.6) is 0 Å². The zero-order valence-corrected chi connectivity index (χ0v) is 15.5. The van der Waals surface area contributed by atoms with E-state index in [1.54, 1.807) is 11.8 Å². The van der Waals surface area contributed by atoms with E-state index >= 15 is 0 Å². The fourth-order valence-corrected chi connectivity index (χ4v) is 3.72. The molecular weight excluding hydrogens is 338 g/mol. The highest BCUT2D eigenvalue weighted by Gasteiger charge is 2.17. The van der Waals surface area contributed by atoms with E-state index in [1.807, 2.05) is 54.6 Å². The van der Waals surface area contributed by atoms with Crippen LogP contribution in [0.1, 0.15) is 23.5 Å². The van der Waals surface area contributed by atoms with Crippen molar-refractivity contribution in [3.8, 4) is 0 Å². The van der Waals surface area contributed by atoms with E-state index in [1.165, 1.54) is 16.0 Å². The molecule has 0 heterocycles. The van der Waals surface area contributed by atoms with Crippen LogP contribution in [0.25, 0.3) is 0 Å². The zero-order valence-electron chi connectivity index (χ0n) is 14.7. The molecule has 0 unspecified atom stereocenters. The maximum Gasteiger partial charge on any atom is 0.220 e. The van der Waals surface area contributed by atoms with Gasteiger partial charge in [-0.15, -0.1) is 11.8 Å². The topological polar surface area (TPSA) is 29.1 Å². The molecule has 0 bridgehead atoms. The van der Waals surface area contributed by atoms with Crippen LogP contribution in [0.15, 0.2) is 95.9 Å². The van der Waals surface area contributed by atoms with E-state index in [2.05, 4.69) is 41.7 Å². The molecule has 1 N–H and O–H groups in total. The number of thioether (sulfide) groups is 1. The van der Waals surface area contributed by atoms with Crippen molar-refractivity contribution in [1.82, 2.24) is 5.32 Å². The van der Waals surface area contributed by atoms with Crippen LogP contribution in [-0.2, 0) is 4.79 Å². The van der Waals surface area contributed by atoms with Gasteiger partial charge in [-0.2, -0.15) is 0 Å². The molecule has 3 aromatic rings. The molecule has 132 valence electrons. The third-order valence-corrected chi connectivity index (χ3v) is 5.24. The minimum absolute atomic E-state index is 0.0826. The van der Waals surface area contributed by atoms with Gasteiger partial charge in [0.05, 0.1) is 0 Å². The Morgan fingerprint density at radius 3 is 1.81 bits per heavy atom. The van der Waals surface area contributed by atoms with Gasteiger partial charge in [-0.3, -0.25) is 4.79 Å². The summed E-state index contributed by atoms with van der Waals surface area (Å²) in [4.78, 5) is 13.7. The van der Waals surface area contributed by atoms with Crippen LogP contribution in [-0.4, -0.2) is 18.2 Å². The first-order chi connectivity index (χ1) is 12.8. The van der Waals surface area contributed by atoms with Crippen molar-refractivity contribution in [2.75, 3.05) is 12.3 Å². The normalized spacial score (nSPS) is 10.7. The highest BCUT2D eigenvalue weighted by Crippen LogP contribution is 2.27. The minimum Gasteiger partial charge on any atom is -0.355 e. The lowest BCUT2D eigenvalue weighted by molar-refractivity contribution is -0.121. The lowest BCUT2D eigenvalue weighted by Gasteiger charge is -2.18. The number of hydrogen-bond donors (Lipinski definition) is 1. The number of rotatable bonds is 8. The number of hydrogen-bond acceptors (Lipinski definition) is 2. The van der Waals surface area contributed by atoms with E-state index in [0.29, 0.717) is 13.0 Å². The third-order valence-electron chi connectivity index (χ3n) is 4.23. The average Bonchev–Trinajstić information content (AvgIpc) is 2.71. The molecule has 0 fully saturated rings. The first kappa shape index (κ1) is 18.3. The van der Waals surface area contributed by atoms with E-state index in [-0.39, 0.29) is 11.8 Å². The Labute approximate surface area is 159 Å². The van der Waals surface area contributed by atoms with Crippen molar-refractivity contribution < 1.29 is 4.79 Å². The molecule has 0 saturated heterocycles. The van der Waals surface area contributed by atoms with Gasteiger partial charge < -0.3 is 5.32 Å². The van der Waals surface area contributed by atoms with Crippen molar-refractivity contribution in [2.45, 2.75) is 17.2 Å². The van der Waals surface area contributed by atoms with Gasteiger partial charge in [0.15, 0.2) is 0 Å². The fraction of sp³-hybridized carbons (Fsp3) is 0.174. The molecule has 1 amide bonds. The van der Waals surface area contributed by atoms with Crippen molar-refractivity contribution in [3.05, 3.63) is 102 Å². The largest absolute Gasteiger partial charge is 0.355 e. The second kappa shape index (κ2) is 9.83. The van der Waals surface area contributed by atoms with Crippen molar-refractivity contribution in [3.63, 3.8) is 0 Å². The number of carbonyl (C=O) groups excluding carboxylic acids is 1. The van der Waals surface area contributed by atoms with Gasteiger partial charge in [0.25, 0.3) is 0 Å². The molecule has 0 aliphatic heterocycles. The predicted molar refractivity (Wildman–Crippen MR) is 110 cm³/mol. The average molecular weight is 362 g/mol. The van der Waals surface area contributed by atoms with Crippen molar-refractivity contribution in [2.24, 2.45) is 0 Å². The van der Waals surface area contributed by atoms with E-state index in [0.717, 1.165) is 5.75 Å². The Hall–Kier alpha value is -2.52. The summed E-state index contributed by atoms with van der Waals surface area (Å²) in [6.07, 6.45) is 0.462. The van der Waals surface area contributed by atoms with Gasteiger partial charge in [-0.05, 0) is 23.3 Å². The Balaban J connectivity index is 1.56. The highest BCUT2D eigenvalue weighted by molar-refractivity contribution is 7.99. The van der Waals surface area contributed by atoms with Crippen molar-refractivity contribution in [1.29, 1.82) is 0 Å². The molecule has 0 aromatic heterocycles. The summed E-state index contributed by atoms with van der Waals surface area (Å²) in [7, 11) is 0. The number of benzene rings is 3. The highest BCUT2D eigenvalue weighted by atomic mass is 32.2. The van der Waals surface area contributed by atoms with Crippen LogP contribution in [0.4, 0.5) is 0 Å². The molecule has 0 atom stereocenters. The zero-order chi connectivity index (χ0) is 18.0. The second-order valence-electron chi connectivity index (χ2n) is 6.09. The van der Waals surface area contributed by atoms with E-state index in [9.17, 15) is 4.79 Å². The first-order valence-corrected chi connectivity index (χ1v) is 9.86. The summed E-state index contributed by atoms with van der Waals surface area (Å²) in [6, 6.07) is 30.8. The minimum atomic E-state index is 0.0826. The second-order valence-corrected chi connectivity index (χ2v) is 7.26. The molecule has 3 heteroatoms. The fourth-order valence-electron chi connectivity index (χ4n) is 2.93. The molecule has 3 aromatic carbocycles. The molecule has 0 aliphatic rings. The number of amides is 1. The van der Waals surface area contributed by atoms with Crippen LogP contribution in [0.3, 0.4) is 0 Å². The molecule has 0 spiro atoms. The first-order valence-electron chi connectivity index (χ1n) is 8.87. The SMILES string of the molecule is O=C(CC(c1ccccc1)c1ccccc1)NCCSc1ccccc1. The van der Waals surface area contributed by atoms with Crippen LogP contribution < -0.4 is 5.32 Å². The molecule has 2 nitrogen and oxygen atoms in total. The quantitative estimate of drug-likeness (QED) is 0.446. The molecule has 0 aliphatic carbocycles. The summed E-state index contributed by atoms with van der Waals surface area (Å²) in [5.74, 6) is 1.05. The summed E-state index contributed by atoms with van der Waals surface area (Å²) in [6.45, 7) is 0.675. The monoisotopic (exact) mass is 361 g/mol. The standard InChI is InChI=1S/C23H23NOS/c25-23(24-16-17-26-21-14-8-3-9-15-21)18-22(19-10-4-1-5-11-19)20-12-6-2-7-13-20/h1-15,22H,16-18H2,(H,24,25). The maximum atomic E-state index is 12.5. The van der Waals surface area contributed by atoms with Gasteiger partial charge >= 0.3 is 0 Å². The summed E-state index contributed by atoms with van der Waals surface area (Å²) >= 11 is 1.76. The molecule has 0 radical (unpaired) electrons. The third kappa shape index (κ3) is 5.50. The lowest BCUT2D eigenvalue weighted by atomic mass is 9.88. The number of nitrogens with one attached hydrogen (secondary N) is 1. The number of carbonyl (C=O) groups is 1. The Kier molecular flexibility index (Phi) is 6.91. The molecule has 0 saturated carbocycles. The molecule has 3 rings (SSSR count). The predicted octanol–water partition coefficient (Wildman–Crippen LogP) is 5.12. The van der Waals surface area contributed by atoms with Crippen LogP contribution in [0, 0.1) is 0 Å². The summed E-state index contributed by atoms with van der Waals surface area (Å²) < 4.78 is 0. The smallest absolute Gasteiger partial charge is 0.220 e. The molecule has 26 heavy (non-hydrogen) atoms. The van der Waals surface area contributed by atoms with Crippen LogP contribution in [0.2, 0.25) is 0 Å². The van der Waals surface area contributed by atoms with E-state index in [4.69, 9.17) is 0 Å². The van der Waals surface area contributed by atoms with E-state index < -0.39 is 0 Å². The van der Waals surface area contributed by atoms with Gasteiger partial charge in [0.2, 0.25) is 5.91 Å². The summed E-state index contributed by atoms with van der Waals surface area (Å²) in [5, 5.41) is 3.06. The Morgan fingerprint density at radius 2 is 1.27 bits per heavy atom. The van der Waals surface area contributed by atoms with Gasteiger partial charge in [0.1, 0.15) is 0 Å². The molecular formula is C23H23NOS. The van der Waals surface area contributed by atoms with Gasteiger partial charge in [-0.1, -0.05) is 78.9 Å². The Bertz CT molecular complexity index is 751. The van der Waals surface area contributed by atoms with Gasteiger partial charge in [0, 0.05) is 29.5 Å². The summed E-state index contributed by atoms with van der Waals surface area (Å²) in [5.41, 5.74) is 2.35.